The van der Waals surface area contributed by atoms with Gasteiger partial charge in [-0.1, -0.05) is 37.0 Å². The summed E-state index contributed by atoms with van der Waals surface area (Å²) in [4.78, 5) is 6.35. The maximum Gasteiger partial charge on any atom is 0.0541 e. The van der Waals surface area contributed by atoms with Crippen LogP contribution in [0.4, 0.5) is 0 Å². The normalized spacial score (nSPS) is 14.5. The molecule has 0 heterocycles. The van der Waals surface area contributed by atoms with Crippen molar-refractivity contribution < 1.29 is 0 Å². The molecule has 19 heavy (non-hydrogen) atoms. The van der Waals surface area contributed by atoms with Crippen LogP contribution >= 0.6 is 0 Å². The van der Waals surface area contributed by atoms with E-state index in [-0.39, 0.29) is 0 Å². The first kappa shape index (κ1) is 17.2. The monoisotopic (exact) mass is 258 g/mol. The van der Waals surface area contributed by atoms with Crippen molar-refractivity contribution in [1.82, 2.24) is 4.90 Å². The molecule has 0 unspecified atom stereocenters. The Morgan fingerprint density at radius 2 is 2.00 bits per heavy atom. The summed E-state index contributed by atoms with van der Waals surface area (Å²) in [6.07, 6.45) is 14.0. The van der Waals surface area contributed by atoms with E-state index in [0.29, 0.717) is 0 Å². The lowest BCUT2D eigenvalue weighted by molar-refractivity contribution is 0.595. The van der Waals surface area contributed by atoms with Crippen molar-refractivity contribution in [2.24, 2.45) is 4.99 Å². The average Bonchev–Trinajstić information content (AvgIpc) is 2.40. The third-order valence-electron chi connectivity index (χ3n) is 2.64. The van der Waals surface area contributed by atoms with Crippen LogP contribution in [0.15, 0.2) is 65.0 Å². The van der Waals surface area contributed by atoms with Crippen LogP contribution in [0.3, 0.4) is 0 Å². The molecule has 0 aliphatic rings. The first-order valence-corrected chi connectivity index (χ1v) is 6.63. The molecule has 0 aromatic carbocycles. The van der Waals surface area contributed by atoms with Gasteiger partial charge in [0.15, 0.2) is 0 Å². The Morgan fingerprint density at radius 1 is 1.32 bits per heavy atom. The fourth-order valence-corrected chi connectivity index (χ4v) is 1.55. The molecule has 104 valence electrons. The van der Waals surface area contributed by atoms with Gasteiger partial charge in [-0.3, -0.25) is 4.99 Å². The van der Waals surface area contributed by atoms with Crippen molar-refractivity contribution in [3.63, 3.8) is 0 Å². The Balaban J connectivity index is 5.10. The summed E-state index contributed by atoms with van der Waals surface area (Å²) in [7, 11) is 2.02. The van der Waals surface area contributed by atoms with Crippen molar-refractivity contribution in [2.45, 2.75) is 27.7 Å². The van der Waals surface area contributed by atoms with E-state index in [1.165, 1.54) is 5.57 Å². The summed E-state index contributed by atoms with van der Waals surface area (Å²) < 4.78 is 0. The SMILES string of the molecule is C=CC(=C\C=C\C)/C(C)=C/N(C)C(/C=N/CC)=C/C. The van der Waals surface area contributed by atoms with Gasteiger partial charge in [0.1, 0.15) is 0 Å². The van der Waals surface area contributed by atoms with Gasteiger partial charge in [0.25, 0.3) is 0 Å². The molecular formula is C17H26N2. The fourth-order valence-electron chi connectivity index (χ4n) is 1.55. The Bertz CT molecular complexity index is 421. The van der Waals surface area contributed by atoms with Gasteiger partial charge < -0.3 is 4.90 Å². The summed E-state index contributed by atoms with van der Waals surface area (Å²) in [5, 5.41) is 0. The lowest BCUT2D eigenvalue weighted by Crippen LogP contribution is -2.12. The number of hydrogen-bond acceptors (Lipinski definition) is 2. The third-order valence-corrected chi connectivity index (χ3v) is 2.64. The van der Waals surface area contributed by atoms with Crippen LogP contribution in [-0.4, -0.2) is 24.7 Å². The van der Waals surface area contributed by atoms with E-state index in [1.807, 2.05) is 58.3 Å². The highest BCUT2D eigenvalue weighted by Crippen LogP contribution is 2.13. The van der Waals surface area contributed by atoms with E-state index < -0.39 is 0 Å². The third kappa shape index (κ3) is 6.61. The van der Waals surface area contributed by atoms with E-state index in [2.05, 4.69) is 35.7 Å². The summed E-state index contributed by atoms with van der Waals surface area (Å²) >= 11 is 0. The van der Waals surface area contributed by atoms with Crippen LogP contribution in [0.5, 0.6) is 0 Å². The Labute approximate surface area is 118 Å². The zero-order valence-corrected chi connectivity index (χ0v) is 12.9. The van der Waals surface area contributed by atoms with Gasteiger partial charge in [0.05, 0.1) is 5.70 Å². The maximum atomic E-state index is 4.28. The summed E-state index contributed by atoms with van der Waals surface area (Å²) in [5.74, 6) is 0. The highest BCUT2D eigenvalue weighted by atomic mass is 15.1. The van der Waals surface area contributed by atoms with Crippen molar-refractivity contribution in [3.8, 4) is 0 Å². The van der Waals surface area contributed by atoms with E-state index in [9.17, 15) is 0 Å². The Hall–Kier alpha value is -1.83. The molecular weight excluding hydrogens is 232 g/mol. The van der Waals surface area contributed by atoms with Crippen LogP contribution in [0.25, 0.3) is 0 Å². The molecule has 0 N–H and O–H groups in total. The zero-order valence-electron chi connectivity index (χ0n) is 12.9. The summed E-state index contributed by atoms with van der Waals surface area (Å²) in [6, 6.07) is 0. The molecule has 0 aromatic rings. The quantitative estimate of drug-likeness (QED) is 0.485. The molecule has 0 rings (SSSR count). The van der Waals surface area contributed by atoms with Gasteiger partial charge in [-0.15, -0.1) is 0 Å². The number of allylic oxidation sites excluding steroid dienone is 8. The molecule has 0 fully saturated rings. The highest BCUT2D eigenvalue weighted by molar-refractivity contribution is 5.77. The average molecular weight is 258 g/mol. The minimum Gasteiger partial charge on any atom is -0.350 e. The first-order chi connectivity index (χ1) is 9.10. The molecule has 0 aliphatic carbocycles. The second kappa shape index (κ2) is 10.1. The van der Waals surface area contributed by atoms with Gasteiger partial charge in [-0.05, 0) is 38.8 Å². The molecule has 0 aliphatic heterocycles. The fraction of sp³-hybridized carbons (Fsp3) is 0.353. The molecule has 0 saturated heterocycles. The van der Waals surface area contributed by atoms with E-state index >= 15 is 0 Å². The van der Waals surface area contributed by atoms with Crippen molar-refractivity contribution >= 4 is 6.21 Å². The zero-order chi connectivity index (χ0) is 14.7. The number of rotatable bonds is 7. The van der Waals surface area contributed by atoms with Crippen molar-refractivity contribution in [2.75, 3.05) is 13.6 Å². The van der Waals surface area contributed by atoms with Gasteiger partial charge in [-0.2, -0.15) is 0 Å². The number of aliphatic imine (C=N–C) groups is 1. The predicted molar refractivity (Wildman–Crippen MR) is 87.4 cm³/mol. The van der Waals surface area contributed by atoms with Crippen molar-refractivity contribution in [3.05, 3.63) is 60.0 Å². The molecule has 0 bridgehead atoms. The molecule has 0 spiro atoms. The van der Waals surface area contributed by atoms with Crippen molar-refractivity contribution in [1.29, 1.82) is 0 Å². The Kier molecular flexibility index (Phi) is 9.15. The molecule has 0 radical (unpaired) electrons. The first-order valence-electron chi connectivity index (χ1n) is 6.63. The molecule has 0 saturated carbocycles. The van der Waals surface area contributed by atoms with E-state index in [0.717, 1.165) is 17.8 Å². The molecule has 2 nitrogen and oxygen atoms in total. The van der Waals surface area contributed by atoms with Gasteiger partial charge in [0.2, 0.25) is 0 Å². The standard InChI is InChI=1S/C17H26N2/c1-7-11-12-16(8-2)15(5)14-19(6)17(9-3)13-18-10-4/h7-9,11-14H,2,10H2,1,3-6H3/b11-7+,15-14+,16-12+,17-9+,18-13+. The highest BCUT2D eigenvalue weighted by Gasteiger charge is 2.00. The smallest absolute Gasteiger partial charge is 0.0541 e. The van der Waals surface area contributed by atoms with Crippen LogP contribution in [-0.2, 0) is 0 Å². The molecule has 2 heteroatoms. The van der Waals surface area contributed by atoms with Gasteiger partial charge in [0, 0.05) is 26.0 Å². The van der Waals surface area contributed by atoms with E-state index in [1.54, 1.807) is 0 Å². The minimum absolute atomic E-state index is 0.799. The molecule has 0 atom stereocenters. The maximum absolute atomic E-state index is 4.28. The van der Waals surface area contributed by atoms with Gasteiger partial charge >= 0.3 is 0 Å². The second-order valence-corrected chi connectivity index (χ2v) is 4.12. The van der Waals surface area contributed by atoms with Crippen LogP contribution in [0.2, 0.25) is 0 Å². The topological polar surface area (TPSA) is 15.6 Å². The predicted octanol–water partition coefficient (Wildman–Crippen LogP) is 4.51. The van der Waals surface area contributed by atoms with E-state index in [4.69, 9.17) is 0 Å². The molecule has 0 aromatic heterocycles. The second-order valence-electron chi connectivity index (χ2n) is 4.12. The summed E-state index contributed by atoms with van der Waals surface area (Å²) in [6.45, 7) is 12.8. The van der Waals surface area contributed by atoms with Crippen LogP contribution < -0.4 is 0 Å². The Morgan fingerprint density at radius 3 is 2.47 bits per heavy atom. The van der Waals surface area contributed by atoms with Crippen LogP contribution in [0, 0.1) is 0 Å². The summed E-state index contributed by atoms with van der Waals surface area (Å²) in [5.41, 5.74) is 3.36. The van der Waals surface area contributed by atoms with Gasteiger partial charge in [-0.25, -0.2) is 0 Å². The lowest BCUT2D eigenvalue weighted by atomic mass is 10.1. The number of hydrogen-bond donors (Lipinski definition) is 0. The van der Waals surface area contributed by atoms with Crippen LogP contribution in [0.1, 0.15) is 27.7 Å². The lowest BCUT2D eigenvalue weighted by Gasteiger charge is -2.16. The number of nitrogens with zero attached hydrogens (tertiary/aromatic N) is 2. The minimum atomic E-state index is 0.799. The molecule has 0 amide bonds. The largest absolute Gasteiger partial charge is 0.350 e.